The molecule has 0 aliphatic rings. The van der Waals surface area contributed by atoms with Crippen molar-refractivity contribution in [2.24, 2.45) is 5.73 Å². The number of para-hydroxylation sites is 1. The number of aliphatic hydroxyl groups is 1. The van der Waals surface area contributed by atoms with Crippen LogP contribution in [0.2, 0.25) is 0 Å². The van der Waals surface area contributed by atoms with Gasteiger partial charge in [0.2, 0.25) is 0 Å². The van der Waals surface area contributed by atoms with Crippen LogP contribution in [0.4, 0.5) is 0 Å². The summed E-state index contributed by atoms with van der Waals surface area (Å²) in [5, 5.41) is 14.0. The average Bonchev–Trinajstić information content (AvgIpc) is 2.83. The Morgan fingerprint density at radius 2 is 1.56 bits per heavy atom. The van der Waals surface area contributed by atoms with Crippen molar-refractivity contribution in [2.75, 3.05) is 6.61 Å². The first-order valence-electron chi connectivity index (χ1n) is 11.5. The summed E-state index contributed by atoms with van der Waals surface area (Å²) in [7, 11) is 0. The molecule has 2 unspecified atom stereocenters. The molecule has 1 amide bonds. The van der Waals surface area contributed by atoms with Gasteiger partial charge in [0.1, 0.15) is 5.75 Å². The van der Waals surface area contributed by atoms with Crippen LogP contribution < -0.4 is 15.8 Å². The second-order valence-electron chi connectivity index (χ2n) is 8.70. The highest BCUT2D eigenvalue weighted by molar-refractivity contribution is 5.81. The fourth-order valence-electron chi connectivity index (χ4n) is 4.07. The monoisotopic (exact) mass is 458 g/mol. The SMILES string of the molecule is C=C(c1ccccc1)C(NC(=O)COc1c(C)cccc1C)C(O)C[C@@H](N)Cc1ccccc1. The topological polar surface area (TPSA) is 84.6 Å². The van der Waals surface area contributed by atoms with E-state index in [-0.39, 0.29) is 18.6 Å². The second-order valence-corrected chi connectivity index (χ2v) is 8.70. The highest BCUT2D eigenvalue weighted by atomic mass is 16.5. The van der Waals surface area contributed by atoms with Gasteiger partial charge in [-0.15, -0.1) is 0 Å². The first-order chi connectivity index (χ1) is 16.3. The van der Waals surface area contributed by atoms with Gasteiger partial charge in [0.05, 0.1) is 12.1 Å². The van der Waals surface area contributed by atoms with Gasteiger partial charge in [0, 0.05) is 6.04 Å². The third-order valence-corrected chi connectivity index (χ3v) is 5.86. The quantitative estimate of drug-likeness (QED) is 0.402. The molecule has 3 rings (SSSR count). The summed E-state index contributed by atoms with van der Waals surface area (Å²) in [6, 6.07) is 24.3. The molecule has 0 heterocycles. The number of hydrogen-bond acceptors (Lipinski definition) is 4. The number of rotatable bonds is 11. The number of amides is 1. The molecule has 0 aromatic heterocycles. The second kappa shape index (κ2) is 12.2. The van der Waals surface area contributed by atoms with Crippen LogP contribution in [0.5, 0.6) is 5.75 Å². The normalized spacial score (nSPS) is 13.5. The van der Waals surface area contributed by atoms with E-state index in [4.69, 9.17) is 10.5 Å². The largest absolute Gasteiger partial charge is 0.483 e. The Bertz CT molecular complexity index is 1060. The lowest BCUT2D eigenvalue weighted by Gasteiger charge is -2.28. The molecule has 34 heavy (non-hydrogen) atoms. The predicted octanol–water partition coefficient (Wildman–Crippen LogP) is 4.20. The predicted molar refractivity (Wildman–Crippen MR) is 138 cm³/mol. The summed E-state index contributed by atoms with van der Waals surface area (Å²) >= 11 is 0. The molecule has 178 valence electrons. The van der Waals surface area contributed by atoms with Crippen molar-refractivity contribution >= 4 is 11.5 Å². The molecule has 4 N–H and O–H groups in total. The standard InChI is InChI=1S/C29H34N2O3/c1-20-11-10-12-21(2)29(20)34-19-27(33)31-28(22(3)24-15-8-5-9-16-24)26(32)18-25(30)17-23-13-6-4-7-14-23/h4-16,25-26,28,32H,3,17-19,30H2,1-2H3,(H,31,33)/t25-,26?,28?/m0/s1. The fourth-order valence-corrected chi connectivity index (χ4v) is 4.07. The van der Waals surface area contributed by atoms with Crippen molar-refractivity contribution in [1.29, 1.82) is 0 Å². The Morgan fingerprint density at radius 3 is 2.18 bits per heavy atom. The van der Waals surface area contributed by atoms with Crippen LogP contribution in [0.1, 0.15) is 28.7 Å². The minimum atomic E-state index is -0.907. The molecule has 0 spiro atoms. The number of aliphatic hydroxyl groups excluding tert-OH is 1. The van der Waals surface area contributed by atoms with E-state index in [1.54, 1.807) is 0 Å². The Morgan fingerprint density at radius 1 is 0.971 bits per heavy atom. The van der Waals surface area contributed by atoms with E-state index >= 15 is 0 Å². The van der Waals surface area contributed by atoms with Gasteiger partial charge < -0.3 is 20.9 Å². The van der Waals surface area contributed by atoms with Crippen molar-refractivity contribution in [1.82, 2.24) is 5.32 Å². The van der Waals surface area contributed by atoms with Crippen molar-refractivity contribution in [2.45, 2.75) is 44.9 Å². The van der Waals surface area contributed by atoms with Crippen molar-refractivity contribution < 1.29 is 14.6 Å². The summed E-state index contributed by atoms with van der Waals surface area (Å²) in [6.07, 6.45) is 0.0331. The molecule has 0 aliphatic heterocycles. The minimum absolute atomic E-state index is 0.160. The molecule has 0 fully saturated rings. The summed E-state index contributed by atoms with van der Waals surface area (Å²) in [5.41, 5.74) is 10.9. The molecule has 5 nitrogen and oxygen atoms in total. The van der Waals surface area contributed by atoms with E-state index in [9.17, 15) is 9.90 Å². The molecule has 3 aromatic rings. The van der Waals surface area contributed by atoms with E-state index in [0.717, 1.165) is 22.3 Å². The smallest absolute Gasteiger partial charge is 0.258 e. The van der Waals surface area contributed by atoms with Gasteiger partial charge in [0.15, 0.2) is 6.61 Å². The summed E-state index contributed by atoms with van der Waals surface area (Å²) < 4.78 is 5.81. The maximum Gasteiger partial charge on any atom is 0.258 e. The van der Waals surface area contributed by atoms with E-state index in [2.05, 4.69) is 11.9 Å². The van der Waals surface area contributed by atoms with E-state index in [0.29, 0.717) is 24.2 Å². The highest BCUT2D eigenvalue weighted by Crippen LogP contribution is 2.23. The van der Waals surface area contributed by atoms with Gasteiger partial charge in [-0.2, -0.15) is 0 Å². The molecule has 0 bridgehead atoms. The van der Waals surface area contributed by atoms with Gasteiger partial charge in [-0.05, 0) is 54.5 Å². The lowest BCUT2D eigenvalue weighted by Crippen LogP contribution is -2.47. The van der Waals surface area contributed by atoms with Crippen LogP contribution in [0, 0.1) is 13.8 Å². The fraction of sp³-hybridized carbons (Fsp3) is 0.276. The Balaban J connectivity index is 1.69. The molecule has 0 saturated carbocycles. The number of benzene rings is 3. The Kier molecular flexibility index (Phi) is 9.02. The zero-order valence-corrected chi connectivity index (χ0v) is 19.9. The van der Waals surface area contributed by atoms with E-state index < -0.39 is 12.1 Å². The van der Waals surface area contributed by atoms with Crippen LogP contribution in [0.15, 0.2) is 85.4 Å². The molecule has 0 aliphatic carbocycles. The Hall–Kier alpha value is -3.41. The Labute approximate surface area is 202 Å². The van der Waals surface area contributed by atoms with Crippen molar-refractivity contribution in [3.05, 3.63) is 108 Å². The first kappa shape index (κ1) is 25.2. The molecular formula is C29H34N2O3. The number of carbonyl (C=O) groups is 1. The zero-order valence-electron chi connectivity index (χ0n) is 19.9. The molecular weight excluding hydrogens is 424 g/mol. The maximum absolute atomic E-state index is 12.8. The average molecular weight is 459 g/mol. The van der Waals surface area contributed by atoms with Gasteiger partial charge in [-0.1, -0.05) is 85.4 Å². The summed E-state index contributed by atoms with van der Waals surface area (Å²) in [4.78, 5) is 12.8. The van der Waals surface area contributed by atoms with Crippen LogP contribution in [-0.2, 0) is 11.2 Å². The van der Waals surface area contributed by atoms with Crippen LogP contribution in [0.3, 0.4) is 0 Å². The molecule has 0 saturated heterocycles. The van der Waals surface area contributed by atoms with Crippen molar-refractivity contribution in [3.8, 4) is 5.75 Å². The summed E-state index contributed by atoms with van der Waals surface area (Å²) in [5.74, 6) is 0.363. The number of aryl methyl sites for hydroxylation is 2. The number of nitrogens with two attached hydrogens (primary N) is 1. The zero-order chi connectivity index (χ0) is 24.5. The number of carbonyl (C=O) groups excluding carboxylic acids is 1. The molecule has 5 heteroatoms. The number of nitrogens with one attached hydrogen (secondary N) is 1. The number of ether oxygens (including phenoxy) is 1. The van der Waals surface area contributed by atoms with Crippen molar-refractivity contribution in [3.63, 3.8) is 0 Å². The first-order valence-corrected chi connectivity index (χ1v) is 11.5. The van der Waals surface area contributed by atoms with E-state index in [1.807, 2.05) is 92.7 Å². The van der Waals surface area contributed by atoms with Gasteiger partial charge in [-0.3, -0.25) is 4.79 Å². The molecule has 3 atom stereocenters. The molecule has 0 radical (unpaired) electrons. The lowest BCUT2D eigenvalue weighted by atomic mass is 9.91. The third-order valence-electron chi connectivity index (χ3n) is 5.86. The third kappa shape index (κ3) is 7.04. The van der Waals surface area contributed by atoms with Gasteiger partial charge in [0.25, 0.3) is 5.91 Å². The van der Waals surface area contributed by atoms with E-state index in [1.165, 1.54) is 0 Å². The van der Waals surface area contributed by atoms with Gasteiger partial charge >= 0.3 is 0 Å². The minimum Gasteiger partial charge on any atom is -0.483 e. The number of hydrogen-bond donors (Lipinski definition) is 3. The highest BCUT2D eigenvalue weighted by Gasteiger charge is 2.27. The summed E-state index contributed by atoms with van der Waals surface area (Å²) in [6.45, 7) is 7.91. The maximum atomic E-state index is 12.8. The lowest BCUT2D eigenvalue weighted by molar-refractivity contribution is -0.124. The van der Waals surface area contributed by atoms with Crippen LogP contribution >= 0.6 is 0 Å². The van der Waals surface area contributed by atoms with Gasteiger partial charge in [-0.25, -0.2) is 0 Å². The molecule has 3 aromatic carbocycles. The van der Waals surface area contributed by atoms with Crippen LogP contribution in [0.25, 0.3) is 5.57 Å². The van der Waals surface area contributed by atoms with Crippen LogP contribution in [-0.4, -0.2) is 35.8 Å².